The molecular weight excluding hydrogens is 493 g/mol. The Bertz CT molecular complexity index is 1320. The molecule has 0 spiro atoms. The predicted molar refractivity (Wildman–Crippen MR) is 130 cm³/mol. The largest absolute Gasteiger partial charge is 0.496 e. The average Bonchev–Trinajstić information content (AvgIpc) is 2.87. The molecule has 0 radical (unpaired) electrons. The van der Waals surface area contributed by atoms with Crippen LogP contribution in [-0.4, -0.2) is 47.1 Å². The van der Waals surface area contributed by atoms with Crippen molar-refractivity contribution in [1.82, 2.24) is 9.88 Å². The minimum absolute atomic E-state index is 0.140. The normalized spacial score (nSPS) is 14.9. The quantitative estimate of drug-likeness (QED) is 0.421. The second-order valence-electron chi connectivity index (χ2n) is 8.24. The molecule has 1 saturated heterocycles. The number of ether oxygens (including phenoxy) is 1. The summed E-state index contributed by atoms with van der Waals surface area (Å²) < 4.78 is 47.9. The van der Waals surface area contributed by atoms with Crippen LogP contribution < -0.4 is 4.74 Å². The Balaban J connectivity index is 1.78. The molecule has 0 bridgehead atoms. The zero-order chi connectivity index (χ0) is 25.9. The summed E-state index contributed by atoms with van der Waals surface area (Å²) in [7, 11) is 1.44. The number of fused-ring (bicyclic) bond motifs is 1. The van der Waals surface area contributed by atoms with Crippen LogP contribution in [0.5, 0.6) is 5.75 Å². The summed E-state index contributed by atoms with van der Waals surface area (Å²) in [4.78, 5) is 29.8. The van der Waals surface area contributed by atoms with E-state index >= 15 is 0 Å². The van der Waals surface area contributed by atoms with Gasteiger partial charge >= 0.3 is 12.1 Å². The van der Waals surface area contributed by atoms with E-state index in [2.05, 4.69) is 4.98 Å². The van der Waals surface area contributed by atoms with Crippen molar-refractivity contribution in [3.8, 4) is 5.75 Å². The number of aromatic nitrogens is 1. The van der Waals surface area contributed by atoms with Crippen molar-refractivity contribution < 1.29 is 32.6 Å². The molecule has 10 heteroatoms. The number of hydrogen-bond acceptors (Lipinski definition) is 5. The molecule has 1 aliphatic heterocycles. The van der Waals surface area contributed by atoms with E-state index in [1.165, 1.54) is 30.2 Å². The van der Waals surface area contributed by atoms with E-state index in [1.807, 2.05) is 0 Å². The number of carboxylic acid groups (broad SMARTS) is 1. The van der Waals surface area contributed by atoms with Gasteiger partial charge in [0.2, 0.25) is 5.91 Å². The number of aliphatic carboxylic acids is 1. The lowest BCUT2D eigenvalue weighted by Gasteiger charge is -2.29. The Labute approximate surface area is 209 Å². The molecule has 1 N–H and O–H groups in total. The van der Waals surface area contributed by atoms with Crippen LogP contribution in [0.1, 0.15) is 24.1 Å². The number of carbonyl (C=O) groups excluding carboxylic acids is 1. The predicted octanol–water partition coefficient (Wildman–Crippen LogP) is 5.75. The molecule has 1 aromatic heterocycles. The number of alkyl halides is 3. The third-order valence-electron chi connectivity index (χ3n) is 5.98. The monoisotopic (exact) mass is 516 g/mol. The number of nitrogens with zero attached hydrogens (tertiary/aromatic N) is 2. The van der Waals surface area contributed by atoms with E-state index in [-0.39, 0.29) is 35.0 Å². The van der Waals surface area contributed by atoms with Crippen LogP contribution in [0.2, 0.25) is 0 Å². The van der Waals surface area contributed by atoms with Crippen molar-refractivity contribution >= 4 is 40.6 Å². The van der Waals surface area contributed by atoms with Crippen LogP contribution >= 0.6 is 11.8 Å². The molecule has 188 valence electrons. The number of methoxy groups -OCH3 is 1. The summed E-state index contributed by atoms with van der Waals surface area (Å²) in [5, 5.41) is 9.64. The summed E-state index contributed by atoms with van der Waals surface area (Å²) in [6.45, 7) is 0.543. The molecular formula is C26H23F3N2O4S. The third-order valence-corrected chi connectivity index (χ3v) is 7.16. The topological polar surface area (TPSA) is 79.7 Å². The van der Waals surface area contributed by atoms with Crippen molar-refractivity contribution in [1.29, 1.82) is 0 Å². The van der Waals surface area contributed by atoms with Gasteiger partial charge in [0.15, 0.2) is 5.69 Å². The molecule has 0 aliphatic carbocycles. The minimum atomic E-state index is -4.74. The highest BCUT2D eigenvalue weighted by molar-refractivity contribution is 7.99. The summed E-state index contributed by atoms with van der Waals surface area (Å²) in [6.07, 6.45) is -1.43. The minimum Gasteiger partial charge on any atom is -0.496 e. The lowest BCUT2D eigenvalue weighted by molar-refractivity contribution is -0.145. The standard InChI is InChI=1S/C26H23F3N2O4S/c1-35-20-8-4-5-9-21(20)36-23-18(10-11-22(32)31-14-12-16(13-15-31)25(33)34)17-6-2-3-7-19(17)30-24(23)26(27,28)29/h2-11,16H,12-15H2,1H3,(H,33,34)/b11-10+. The van der Waals surface area contributed by atoms with E-state index in [0.717, 1.165) is 11.8 Å². The van der Waals surface area contributed by atoms with Crippen LogP contribution in [0.25, 0.3) is 17.0 Å². The number of rotatable bonds is 6. The van der Waals surface area contributed by atoms with E-state index in [0.29, 0.717) is 28.9 Å². The molecule has 1 aliphatic rings. The molecule has 36 heavy (non-hydrogen) atoms. The number of piperidine rings is 1. The van der Waals surface area contributed by atoms with Crippen LogP contribution in [-0.2, 0) is 15.8 Å². The first-order chi connectivity index (χ1) is 17.2. The second-order valence-corrected chi connectivity index (χ2v) is 9.29. The maximum Gasteiger partial charge on any atom is 0.434 e. The molecule has 0 unspecified atom stereocenters. The molecule has 6 nitrogen and oxygen atoms in total. The molecule has 3 aromatic rings. The van der Waals surface area contributed by atoms with Crippen molar-refractivity contribution in [3.05, 3.63) is 65.9 Å². The van der Waals surface area contributed by atoms with E-state index in [9.17, 15) is 22.8 Å². The molecule has 2 heterocycles. The van der Waals surface area contributed by atoms with Crippen molar-refractivity contribution in [3.63, 3.8) is 0 Å². The Morgan fingerprint density at radius 3 is 2.44 bits per heavy atom. The number of benzene rings is 2. The van der Waals surface area contributed by atoms with Crippen molar-refractivity contribution in [2.45, 2.75) is 28.8 Å². The van der Waals surface area contributed by atoms with Crippen molar-refractivity contribution in [2.24, 2.45) is 5.92 Å². The fraction of sp³-hybridized carbons (Fsp3) is 0.269. The van der Waals surface area contributed by atoms with Gasteiger partial charge in [-0.05, 0) is 37.1 Å². The lowest BCUT2D eigenvalue weighted by atomic mass is 9.97. The first kappa shape index (κ1) is 25.6. The number of halogens is 3. The Hall–Kier alpha value is -3.53. The maximum atomic E-state index is 14.2. The summed E-state index contributed by atoms with van der Waals surface area (Å²) in [6, 6.07) is 13.2. The number of carboxylic acids is 1. The van der Waals surface area contributed by atoms with Gasteiger partial charge in [0, 0.05) is 30.1 Å². The summed E-state index contributed by atoms with van der Waals surface area (Å²) in [5.41, 5.74) is -0.673. The van der Waals surface area contributed by atoms with Gasteiger partial charge in [-0.3, -0.25) is 9.59 Å². The first-order valence-corrected chi connectivity index (χ1v) is 12.0. The number of amides is 1. The van der Waals surface area contributed by atoms with Crippen LogP contribution in [0.4, 0.5) is 13.2 Å². The first-order valence-electron chi connectivity index (χ1n) is 11.2. The van der Waals surface area contributed by atoms with Gasteiger partial charge in [0.1, 0.15) is 5.75 Å². The third kappa shape index (κ3) is 5.48. The zero-order valence-corrected chi connectivity index (χ0v) is 20.1. The number of hydrogen-bond donors (Lipinski definition) is 1. The van der Waals surface area contributed by atoms with Crippen LogP contribution in [0.3, 0.4) is 0 Å². The zero-order valence-electron chi connectivity index (χ0n) is 19.3. The smallest absolute Gasteiger partial charge is 0.434 e. The number of para-hydroxylation sites is 2. The van der Waals surface area contributed by atoms with Gasteiger partial charge in [-0.15, -0.1) is 0 Å². The summed E-state index contributed by atoms with van der Waals surface area (Å²) >= 11 is 0.876. The highest BCUT2D eigenvalue weighted by Crippen LogP contribution is 2.45. The SMILES string of the molecule is COc1ccccc1Sc1c(C(F)(F)F)nc2ccccc2c1/C=C/C(=O)N1CCC(C(=O)O)CC1. The average molecular weight is 517 g/mol. The molecule has 0 atom stereocenters. The van der Waals surface area contributed by atoms with Gasteiger partial charge in [0.05, 0.1) is 28.3 Å². The molecule has 1 fully saturated rings. The lowest BCUT2D eigenvalue weighted by Crippen LogP contribution is -2.39. The summed E-state index contributed by atoms with van der Waals surface area (Å²) in [5.74, 6) is -1.36. The highest BCUT2D eigenvalue weighted by Gasteiger charge is 2.38. The van der Waals surface area contributed by atoms with Gasteiger partial charge in [-0.2, -0.15) is 13.2 Å². The second kappa shape index (κ2) is 10.6. The Morgan fingerprint density at radius 2 is 1.78 bits per heavy atom. The molecule has 2 aromatic carbocycles. The number of pyridine rings is 1. The van der Waals surface area contributed by atoms with Gasteiger partial charge in [-0.25, -0.2) is 4.98 Å². The maximum absolute atomic E-state index is 14.2. The Morgan fingerprint density at radius 1 is 1.11 bits per heavy atom. The van der Waals surface area contributed by atoms with Gasteiger partial charge in [0.25, 0.3) is 0 Å². The van der Waals surface area contributed by atoms with E-state index < -0.39 is 23.8 Å². The van der Waals surface area contributed by atoms with E-state index in [1.54, 1.807) is 42.5 Å². The number of carbonyl (C=O) groups is 2. The fourth-order valence-electron chi connectivity index (χ4n) is 4.10. The van der Waals surface area contributed by atoms with E-state index in [4.69, 9.17) is 9.84 Å². The van der Waals surface area contributed by atoms with Crippen molar-refractivity contribution in [2.75, 3.05) is 20.2 Å². The van der Waals surface area contributed by atoms with Crippen LogP contribution in [0.15, 0.2) is 64.4 Å². The van der Waals surface area contributed by atoms with Gasteiger partial charge in [-0.1, -0.05) is 42.1 Å². The molecule has 4 rings (SSSR count). The Kier molecular flexibility index (Phi) is 7.53. The molecule has 1 amide bonds. The van der Waals surface area contributed by atoms with Gasteiger partial charge < -0.3 is 14.7 Å². The number of likely N-dealkylation sites (tertiary alicyclic amines) is 1. The highest BCUT2D eigenvalue weighted by atomic mass is 32.2. The van der Waals surface area contributed by atoms with Crippen LogP contribution in [0, 0.1) is 5.92 Å². The fourth-order valence-corrected chi connectivity index (χ4v) is 5.27. The molecule has 0 saturated carbocycles.